The van der Waals surface area contributed by atoms with Crippen LogP contribution in [0.4, 0.5) is 0 Å². The van der Waals surface area contributed by atoms with Gasteiger partial charge in [0.1, 0.15) is 5.75 Å². The topological polar surface area (TPSA) is 54.9 Å². The van der Waals surface area contributed by atoms with E-state index in [2.05, 4.69) is 48.5 Å². The van der Waals surface area contributed by atoms with Gasteiger partial charge in [0.2, 0.25) is 0 Å². The van der Waals surface area contributed by atoms with Crippen LogP contribution in [0.5, 0.6) is 5.75 Å². The molecule has 1 unspecified atom stereocenters. The lowest BCUT2D eigenvalue weighted by atomic mass is 10.2. The molecular formula is C17H29N3O2. The fourth-order valence-corrected chi connectivity index (χ4v) is 1.87. The van der Waals surface area contributed by atoms with Crippen molar-refractivity contribution in [3.8, 4) is 5.75 Å². The molecule has 1 rings (SSSR count). The minimum atomic E-state index is 0.211. The van der Waals surface area contributed by atoms with E-state index in [0.29, 0.717) is 19.1 Å². The van der Waals surface area contributed by atoms with Crippen molar-refractivity contribution in [2.75, 3.05) is 27.4 Å². The van der Waals surface area contributed by atoms with Gasteiger partial charge in [0, 0.05) is 26.7 Å². The van der Waals surface area contributed by atoms with Crippen molar-refractivity contribution in [2.45, 2.75) is 33.4 Å². The molecule has 124 valence electrons. The van der Waals surface area contributed by atoms with Gasteiger partial charge in [0.25, 0.3) is 0 Å². The Bertz CT molecular complexity index is 444. The molecule has 0 spiro atoms. The van der Waals surface area contributed by atoms with Gasteiger partial charge in [-0.15, -0.1) is 0 Å². The van der Waals surface area contributed by atoms with Crippen molar-refractivity contribution in [3.05, 3.63) is 29.8 Å². The predicted molar refractivity (Wildman–Crippen MR) is 91.4 cm³/mol. The van der Waals surface area contributed by atoms with E-state index >= 15 is 0 Å². The van der Waals surface area contributed by atoms with Crippen LogP contribution in [0.15, 0.2) is 29.3 Å². The second-order valence-electron chi connectivity index (χ2n) is 5.78. The maximum absolute atomic E-state index is 5.68. The summed E-state index contributed by atoms with van der Waals surface area (Å²) in [4.78, 5) is 4.21. The first-order valence-electron chi connectivity index (χ1n) is 7.73. The number of hydrogen-bond donors (Lipinski definition) is 2. The minimum Gasteiger partial charge on any atom is -0.493 e. The third kappa shape index (κ3) is 7.31. The normalized spacial score (nSPS) is 13.1. The van der Waals surface area contributed by atoms with E-state index in [-0.39, 0.29) is 6.04 Å². The summed E-state index contributed by atoms with van der Waals surface area (Å²) < 4.78 is 10.8. The van der Waals surface area contributed by atoms with E-state index < -0.39 is 0 Å². The molecule has 0 aliphatic heterocycles. The molecule has 0 fully saturated rings. The first-order valence-corrected chi connectivity index (χ1v) is 7.73. The molecule has 0 heterocycles. The number of aliphatic imine (C=N–C) groups is 1. The van der Waals surface area contributed by atoms with Crippen LogP contribution in [-0.4, -0.2) is 39.4 Å². The number of benzene rings is 1. The van der Waals surface area contributed by atoms with Crippen LogP contribution < -0.4 is 15.4 Å². The molecule has 2 N–H and O–H groups in total. The maximum atomic E-state index is 5.68. The van der Waals surface area contributed by atoms with Gasteiger partial charge in [-0.2, -0.15) is 0 Å². The molecule has 0 aliphatic carbocycles. The van der Waals surface area contributed by atoms with Gasteiger partial charge < -0.3 is 20.1 Å². The third-order valence-corrected chi connectivity index (χ3v) is 2.99. The highest BCUT2D eigenvalue weighted by atomic mass is 16.5. The van der Waals surface area contributed by atoms with Gasteiger partial charge in [0.15, 0.2) is 5.96 Å². The molecule has 1 aromatic rings. The molecule has 0 aliphatic rings. The summed E-state index contributed by atoms with van der Waals surface area (Å²) in [5.74, 6) is 2.21. The molecule has 1 aromatic carbocycles. The van der Waals surface area contributed by atoms with Gasteiger partial charge in [-0.25, -0.2) is 0 Å². The Kier molecular flexibility index (Phi) is 8.36. The van der Waals surface area contributed by atoms with Gasteiger partial charge >= 0.3 is 0 Å². The molecule has 0 saturated carbocycles. The zero-order chi connectivity index (χ0) is 16.4. The van der Waals surface area contributed by atoms with Crippen LogP contribution >= 0.6 is 0 Å². The van der Waals surface area contributed by atoms with Crippen LogP contribution in [-0.2, 0) is 11.3 Å². The average Bonchev–Trinajstić information content (AvgIpc) is 2.50. The number of rotatable bonds is 8. The Hall–Kier alpha value is -1.75. The molecule has 0 amide bonds. The van der Waals surface area contributed by atoms with Crippen molar-refractivity contribution in [2.24, 2.45) is 10.9 Å². The summed E-state index contributed by atoms with van der Waals surface area (Å²) in [7, 11) is 3.45. The Labute approximate surface area is 134 Å². The van der Waals surface area contributed by atoms with E-state index in [4.69, 9.17) is 9.47 Å². The molecule has 5 nitrogen and oxygen atoms in total. The largest absolute Gasteiger partial charge is 0.493 e. The molecule has 22 heavy (non-hydrogen) atoms. The van der Waals surface area contributed by atoms with Crippen molar-refractivity contribution >= 4 is 5.96 Å². The maximum Gasteiger partial charge on any atom is 0.191 e. The number of hydrogen-bond acceptors (Lipinski definition) is 3. The molecule has 5 heteroatoms. The van der Waals surface area contributed by atoms with Crippen LogP contribution in [0, 0.1) is 5.92 Å². The highest BCUT2D eigenvalue weighted by Gasteiger charge is 2.04. The molecule has 0 saturated heterocycles. The van der Waals surface area contributed by atoms with Gasteiger partial charge in [-0.3, -0.25) is 4.99 Å². The first-order chi connectivity index (χ1) is 10.5. The Morgan fingerprint density at radius 2 is 1.82 bits per heavy atom. The van der Waals surface area contributed by atoms with Gasteiger partial charge in [0.05, 0.1) is 13.2 Å². The van der Waals surface area contributed by atoms with Crippen molar-refractivity contribution in [3.63, 3.8) is 0 Å². The zero-order valence-electron chi connectivity index (χ0n) is 14.3. The predicted octanol–water partition coefficient (Wildman–Crippen LogP) is 2.42. The van der Waals surface area contributed by atoms with Crippen molar-refractivity contribution < 1.29 is 9.47 Å². The second kappa shape index (κ2) is 10.1. The smallest absolute Gasteiger partial charge is 0.191 e. The summed E-state index contributed by atoms with van der Waals surface area (Å²) >= 11 is 0. The Balaban J connectivity index is 2.43. The molecular weight excluding hydrogens is 278 g/mol. The third-order valence-electron chi connectivity index (χ3n) is 2.99. The zero-order valence-corrected chi connectivity index (χ0v) is 14.3. The minimum absolute atomic E-state index is 0.211. The van der Waals surface area contributed by atoms with E-state index in [1.165, 1.54) is 5.56 Å². The number of guanidine groups is 1. The molecule has 0 aromatic heterocycles. The van der Waals surface area contributed by atoms with Crippen LogP contribution in [0.2, 0.25) is 0 Å². The van der Waals surface area contributed by atoms with Crippen LogP contribution in [0.1, 0.15) is 26.3 Å². The van der Waals surface area contributed by atoms with Gasteiger partial charge in [-0.1, -0.05) is 26.0 Å². The first kappa shape index (κ1) is 18.3. The molecule has 0 bridgehead atoms. The fourth-order valence-electron chi connectivity index (χ4n) is 1.87. The lowest BCUT2D eigenvalue weighted by Gasteiger charge is -2.17. The number of ether oxygens (including phenoxy) is 2. The Morgan fingerprint density at radius 1 is 1.14 bits per heavy atom. The summed E-state index contributed by atoms with van der Waals surface area (Å²) in [6.45, 7) is 8.43. The molecule has 0 radical (unpaired) electrons. The van der Waals surface area contributed by atoms with E-state index in [1.54, 1.807) is 14.2 Å². The van der Waals surface area contributed by atoms with Crippen molar-refractivity contribution in [1.82, 2.24) is 10.6 Å². The summed E-state index contributed by atoms with van der Waals surface area (Å²) in [6, 6.07) is 8.35. The van der Waals surface area contributed by atoms with Crippen LogP contribution in [0.3, 0.4) is 0 Å². The highest BCUT2D eigenvalue weighted by Crippen LogP contribution is 2.13. The SMILES string of the molecule is CN=C(NCc1ccc(OCC(C)C)cc1)NC(C)COC. The molecule has 1 atom stereocenters. The van der Waals surface area contributed by atoms with E-state index in [0.717, 1.165) is 18.3 Å². The van der Waals surface area contributed by atoms with Crippen LogP contribution in [0.25, 0.3) is 0 Å². The number of nitrogens with one attached hydrogen (secondary N) is 2. The summed E-state index contributed by atoms with van der Waals surface area (Å²) in [6.07, 6.45) is 0. The quantitative estimate of drug-likeness (QED) is 0.572. The lowest BCUT2D eigenvalue weighted by Crippen LogP contribution is -2.43. The summed E-state index contributed by atoms with van der Waals surface area (Å²) in [5.41, 5.74) is 1.18. The average molecular weight is 307 g/mol. The Morgan fingerprint density at radius 3 is 2.36 bits per heavy atom. The van der Waals surface area contributed by atoms with Crippen molar-refractivity contribution in [1.29, 1.82) is 0 Å². The monoisotopic (exact) mass is 307 g/mol. The van der Waals surface area contributed by atoms with Gasteiger partial charge in [-0.05, 0) is 30.5 Å². The summed E-state index contributed by atoms with van der Waals surface area (Å²) in [5, 5.41) is 6.56. The lowest BCUT2D eigenvalue weighted by molar-refractivity contribution is 0.179. The number of nitrogens with zero attached hydrogens (tertiary/aromatic N) is 1. The fraction of sp³-hybridized carbons (Fsp3) is 0.588. The number of methoxy groups -OCH3 is 1. The highest BCUT2D eigenvalue weighted by molar-refractivity contribution is 5.79. The second-order valence-corrected chi connectivity index (χ2v) is 5.78. The standard InChI is InChI=1S/C17H29N3O2/c1-13(2)11-22-16-8-6-15(7-9-16)10-19-17(18-4)20-14(3)12-21-5/h6-9,13-14H,10-12H2,1-5H3,(H2,18,19,20). The van der Waals surface area contributed by atoms with E-state index in [1.807, 2.05) is 12.1 Å². The van der Waals surface area contributed by atoms with E-state index in [9.17, 15) is 0 Å².